The first-order valence-electron chi connectivity index (χ1n) is 6.54. The molecule has 2 rings (SSSR count). The molecule has 1 aliphatic rings. The molecule has 0 fully saturated rings. The highest BCUT2D eigenvalue weighted by atomic mass is 19.4. The average Bonchev–Trinajstić information content (AvgIpc) is 2.77. The van der Waals surface area contributed by atoms with Gasteiger partial charge in [0.05, 0.1) is 12.5 Å². The number of fused-ring (bicyclic) bond motifs is 1. The number of aromatic nitrogens is 3. The Morgan fingerprint density at radius 1 is 1.45 bits per heavy atom. The molecule has 1 aromatic rings. The second-order valence-electron chi connectivity index (χ2n) is 5.29. The smallest absolute Gasteiger partial charge is 0.349 e. The number of hydrogen-bond donors (Lipinski definition) is 1. The molecular weight excluding hydrogens is 273 g/mol. The maximum absolute atomic E-state index is 12.8. The van der Waals surface area contributed by atoms with Crippen molar-refractivity contribution in [2.75, 3.05) is 0 Å². The first kappa shape index (κ1) is 14.8. The lowest BCUT2D eigenvalue weighted by Crippen LogP contribution is -2.34. The second-order valence-corrected chi connectivity index (χ2v) is 5.29. The predicted molar refractivity (Wildman–Crippen MR) is 64.6 cm³/mol. The van der Waals surface area contributed by atoms with E-state index in [1.54, 1.807) is 13.8 Å². The molecule has 1 aliphatic heterocycles. The molecule has 20 heavy (non-hydrogen) atoms. The van der Waals surface area contributed by atoms with E-state index in [4.69, 9.17) is 0 Å². The van der Waals surface area contributed by atoms with Crippen molar-refractivity contribution in [1.82, 2.24) is 20.1 Å². The first-order valence-corrected chi connectivity index (χ1v) is 6.54. The molecule has 112 valence electrons. The summed E-state index contributed by atoms with van der Waals surface area (Å²) in [6.07, 6.45) is -3.91. The van der Waals surface area contributed by atoms with Gasteiger partial charge in [-0.2, -0.15) is 13.2 Å². The summed E-state index contributed by atoms with van der Waals surface area (Å²) < 4.78 is 39.8. The van der Waals surface area contributed by atoms with Gasteiger partial charge in [0.2, 0.25) is 5.91 Å². The molecule has 0 spiro atoms. The van der Waals surface area contributed by atoms with E-state index in [1.807, 2.05) is 0 Å². The third-order valence-electron chi connectivity index (χ3n) is 3.43. The van der Waals surface area contributed by atoms with Gasteiger partial charge in [0.15, 0.2) is 5.82 Å². The lowest BCUT2D eigenvalue weighted by atomic mass is 9.99. The van der Waals surface area contributed by atoms with Crippen molar-refractivity contribution in [2.45, 2.75) is 46.0 Å². The van der Waals surface area contributed by atoms with Crippen molar-refractivity contribution in [3.63, 3.8) is 0 Å². The van der Waals surface area contributed by atoms with Crippen LogP contribution < -0.4 is 5.32 Å². The van der Waals surface area contributed by atoms with Crippen molar-refractivity contribution in [3.05, 3.63) is 11.6 Å². The quantitative estimate of drug-likeness (QED) is 0.921. The number of halogens is 3. The highest BCUT2D eigenvalue weighted by Gasteiger charge is 2.42. The largest absolute Gasteiger partial charge is 0.393 e. The number of nitrogens with one attached hydrogen (secondary N) is 1. The molecule has 1 aromatic heterocycles. The van der Waals surface area contributed by atoms with Crippen LogP contribution in [0.2, 0.25) is 0 Å². The monoisotopic (exact) mass is 290 g/mol. The molecule has 0 saturated carbocycles. The fourth-order valence-corrected chi connectivity index (χ4v) is 2.15. The van der Waals surface area contributed by atoms with Gasteiger partial charge in [-0.1, -0.05) is 13.8 Å². The minimum Gasteiger partial charge on any atom is -0.349 e. The Morgan fingerprint density at radius 2 is 2.15 bits per heavy atom. The maximum Gasteiger partial charge on any atom is 0.393 e. The number of amides is 1. The molecule has 1 N–H and O–H groups in total. The van der Waals surface area contributed by atoms with E-state index in [-0.39, 0.29) is 37.8 Å². The molecule has 0 aliphatic carbocycles. The van der Waals surface area contributed by atoms with E-state index in [2.05, 4.69) is 15.5 Å². The van der Waals surface area contributed by atoms with Gasteiger partial charge in [0.1, 0.15) is 5.82 Å². The summed E-state index contributed by atoms with van der Waals surface area (Å²) in [6, 6.07) is 0. The molecule has 8 heteroatoms. The Bertz CT molecular complexity index is 495. The van der Waals surface area contributed by atoms with Gasteiger partial charge in [-0.3, -0.25) is 4.79 Å². The van der Waals surface area contributed by atoms with E-state index in [0.717, 1.165) is 0 Å². The van der Waals surface area contributed by atoms with E-state index in [9.17, 15) is 18.0 Å². The normalized spacial score (nSPS) is 19.0. The number of aryl methyl sites for hydroxylation is 1. The van der Waals surface area contributed by atoms with Crippen LogP contribution >= 0.6 is 0 Å². The summed E-state index contributed by atoms with van der Waals surface area (Å²) in [5, 5.41) is 10.4. The number of rotatable bonds is 3. The van der Waals surface area contributed by atoms with Crippen molar-refractivity contribution < 1.29 is 18.0 Å². The molecule has 0 radical (unpaired) electrons. The van der Waals surface area contributed by atoms with Crippen LogP contribution in [0.3, 0.4) is 0 Å². The molecule has 1 amide bonds. The van der Waals surface area contributed by atoms with E-state index in [1.165, 1.54) is 4.57 Å². The zero-order valence-electron chi connectivity index (χ0n) is 11.4. The van der Waals surface area contributed by atoms with Gasteiger partial charge in [0.25, 0.3) is 0 Å². The van der Waals surface area contributed by atoms with Crippen molar-refractivity contribution in [3.8, 4) is 0 Å². The Morgan fingerprint density at radius 3 is 2.75 bits per heavy atom. The highest BCUT2D eigenvalue weighted by molar-refractivity contribution is 5.77. The lowest BCUT2D eigenvalue weighted by Gasteiger charge is -2.26. The molecule has 0 aromatic carbocycles. The van der Waals surface area contributed by atoms with Crippen molar-refractivity contribution in [1.29, 1.82) is 0 Å². The van der Waals surface area contributed by atoms with Gasteiger partial charge in [-0.15, -0.1) is 10.2 Å². The average molecular weight is 290 g/mol. The Labute approximate surface area is 114 Å². The standard InChI is InChI=1S/C12H17F3N4O/c1-7(2)11(20)16-5-10-18-17-9-4-3-8(6-19(9)10)12(13,14)15/h7-8H,3-6H2,1-2H3,(H,16,20)/t8-/m0/s1. The molecule has 0 saturated heterocycles. The predicted octanol–water partition coefficient (Wildman–Crippen LogP) is 1.67. The number of alkyl halides is 3. The lowest BCUT2D eigenvalue weighted by molar-refractivity contribution is -0.182. The van der Waals surface area contributed by atoms with Crippen LogP contribution in [0.25, 0.3) is 0 Å². The zero-order valence-corrected chi connectivity index (χ0v) is 11.4. The zero-order chi connectivity index (χ0) is 14.9. The third kappa shape index (κ3) is 3.10. The minimum absolute atomic E-state index is 0.0417. The minimum atomic E-state index is -4.21. The third-order valence-corrected chi connectivity index (χ3v) is 3.43. The SMILES string of the molecule is CC(C)C(=O)NCc1nnc2n1C[C@@H](C(F)(F)F)CC2. The van der Waals surface area contributed by atoms with E-state index < -0.39 is 12.1 Å². The van der Waals surface area contributed by atoms with Crippen LogP contribution in [0.4, 0.5) is 13.2 Å². The molecule has 2 heterocycles. The van der Waals surface area contributed by atoms with Crippen LogP contribution in [0, 0.1) is 11.8 Å². The molecule has 0 unspecified atom stereocenters. The maximum atomic E-state index is 12.8. The second kappa shape index (κ2) is 5.41. The van der Waals surface area contributed by atoms with Crippen LogP contribution in [0.15, 0.2) is 0 Å². The van der Waals surface area contributed by atoms with Gasteiger partial charge in [-0.25, -0.2) is 0 Å². The summed E-state index contributed by atoms with van der Waals surface area (Å²) in [6.45, 7) is 3.43. The Kier molecular flexibility index (Phi) is 4.01. The summed E-state index contributed by atoms with van der Waals surface area (Å²) in [4.78, 5) is 11.5. The van der Waals surface area contributed by atoms with Gasteiger partial charge in [0, 0.05) is 18.9 Å². The van der Waals surface area contributed by atoms with Crippen LogP contribution in [0.5, 0.6) is 0 Å². The molecule has 5 nitrogen and oxygen atoms in total. The van der Waals surface area contributed by atoms with Gasteiger partial charge < -0.3 is 9.88 Å². The number of carbonyl (C=O) groups is 1. The van der Waals surface area contributed by atoms with E-state index >= 15 is 0 Å². The van der Waals surface area contributed by atoms with Crippen molar-refractivity contribution in [2.24, 2.45) is 11.8 Å². The number of carbonyl (C=O) groups excluding carboxylic acids is 1. The first-order chi connectivity index (χ1) is 9.29. The van der Waals surface area contributed by atoms with Crippen LogP contribution in [-0.2, 0) is 24.3 Å². The topological polar surface area (TPSA) is 59.8 Å². The molecular formula is C12H17F3N4O. The van der Waals surface area contributed by atoms with Crippen molar-refractivity contribution >= 4 is 5.91 Å². The Hall–Kier alpha value is -1.60. The molecule has 1 atom stereocenters. The fraction of sp³-hybridized carbons (Fsp3) is 0.750. The Balaban J connectivity index is 2.08. The van der Waals surface area contributed by atoms with Crippen LogP contribution in [-0.4, -0.2) is 26.8 Å². The highest BCUT2D eigenvalue weighted by Crippen LogP contribution is 2.34. The fourth-order valence-electron chi connectivity index (χ4n) is 2.15. The number of nitrogens with zero attached hydrogens (tertiary/aromatic N) is 3. The number of hydrogen-bond acceptors (Lipinski definition) is 3. The van der Waals surface area contributed by atoms with Crippen LogP contribution in [0.1, 0.15) is 31.9 Å². The summed E-state index contributed by atoms with van der Waals surface area (Å²) >= 11 is 0. The van der Waals surface area contributed by atoms with Gasteiger partial charge in [-0.05, 0) is 6.42 Å². The summed E-state index contributed by atoms with van der Waals surface area (Å²) in [7, 11) is 0. The van der Waals surface area contributed by atoms with E-state index in [0.29, 0.717) is 11.6 Å². The summed E-state index contributed by atoms with van der Waals surface area (Å²) in [5.74, 6) is -0.778. The molecule has 0 bridgehead atoms. The summed E-state index contributed by atoms with van der Waals surface area (Å²) in [5.41, 5.74) is 0. The van der Waals surface area contributed by atoms with Gasteiger partial charge >= 0.3 is 6.18 Å².